The zero-order valence-corrected chi connectivity index (χ0v) is 18.8. The van der Waals surface area contributed by atoms with E-state index in [1.807, 2.05) is 36.4 Å². The predicted molar refractivity (Wildman–Crippen MR) is 127 cm³/mol. The highest BCUT2D eigenvalue weighted by Crippen LogP contribution is 2.44. The van der Waals surface area contributed by atoms with Gasteiger partial charge in [-0.1, -0.05) is 12.1 Å². The van der Waals surface area contributed by atoms with E-state index in [0.29, 0.717) is 13.2 Å². The Morgan fingerprint density at radius 2 is 1.53 bits per heavy atom. The van der Waals surface area contributed by atoms with Crippen LogP contribution >= 0.6 is 0 Å². The van der Waals surface area contributed by atoms with E-state index in [1.54, 1.807) is 0 Å². The lowest BCUT2D eigenvalue weighted by Crippen LogP contribution is -2.10. The van der Waals surface area contributed by atoms with Gasteiger partial charge in [-0.3, -0.25) is 4.79 Å². The molecule has 0 spiro atoms. The van der Waals surface area contributed by atoms with Gasteiger partial charge < -0.3 is 20.1 Å². The first-order valence-electron chi connectivity index (χ1n) is 12.3. The van der Waals surface area contributed by atoms with E-state index < -0.39 is 0 Å². The third-order valence-corrected chi connectivity index (χ3v) is 7.14. The van der Waals surface area contributed by atoms with Gasteiger partial charge in [0.2, 0.25) is 0 Å². The lowest BCUT2D eigenvalue weighted by atomic mass is 10.0. The first-order chi connectivity index (χ1) is 15.8. The van der Waals surface area contributed by atoms with Crippen LogP contribution in [0.15, 0.2) is 36.4 Å². The van der Waals surface area contributed by atoms with Crippen molar-refractivity contribution in [3.05, 3.63) is 47.5 Å². The van der Waals surface area contributed by atoms with Crippen molar-refractivity contribution in [2.24, 2.45) is 11.8 Å². The van der Waals surface area contributed by atoms with E-state index in [2.05, 4.69) is 10.6 Å². The minimum Gasteiger partial charge on any atom is -0.494 e. The van der Waals surface area contributed by atoms with E-state index in [1.165, 1.54) is 25.7 Å². The minimum absolute atomic E-state index is 0.0813. The molecule has 3 aliphatic rings. The lowest BCUT2D eigenvalue weighted by Gasteiger charge is -2.13. The summed E-state index contributed by atoms with van der Waals surface area (Å²) in [6.45, 7) is 5.94. The molecule has 2 aromatic rings. The molecule has 2 aromatic carbocycles. The first kappa shape index (κ1) is 21.5. The van der Waals surface area contributed by atoms with Crippen LogP contribution in [0.5, 0.6) is 11.5 Å². The number of carbonyl (C=O) groups is 1. The van der Waals surface area contributed by atoms with Gasteiger partial charge in [0.05, 0.1) is 13.2 Å². The van der Waals surface area contributed by atoms with Gasteiger partial charge in [0.1, 0.15) is 11.5 Å². The van der Waals surface area contributed by atoms with Crippen molar-refractivity contribution in [2.45, 2.75) is 38.5 Å². The van der Waals surface area contributed by atoms with Crippen molar-refractivity contribution in [3.8, 4) is 22.6 Å². The van der Waals surface area contributed by atoms with Crippen molar-refractivity contribution >= 4 is 5.78 Å². The van der Waals surface area contributed by atoms with Crippen LogP contribution < -0.4 is 20.1 Å². The van der Waals surface area contributed by atoms with Crippen LogP contribution in [0.3, 0.4) is 0 Å². The standard InChI is InChI=1S/C27H34N2O3/c30-27-22-9-8-21(31-14-2-4-19-10-12-28-17-19)16-24(22)26-23(27)6-1-7-25(26)32-15-3-5-20-11-13-29-18-20/h1,6-9,16,19-20,28-29H,2-5,10-15,17-18H2. The van der Waals surface area contributed by atoms with Gasteiger partial charge in [-0.05, 0) is 101 Å². The molecule has 0 amide bonds. The largest absolute Gasteiger partial charge is 0.494 e. The van der Waals surface area contributed by atoms with Gasteiger partial charge in [0.25, 0.3) is 0 Å². The molecule has 2 fully saturated rings. The van der Waals surface area contributed by atoms with Crippen LogP contribution in [0.4, 0.5) is 0 Å². The number of nitrogens with one attached hydrogen (secondary N) is 2. The van der Waals surface area contributed by atoms with Gasteiger partial charge >= 0.3 is 0 Å². The molecule has 2 N–H and O–H groups in total. The Kier molecular flexibility index (Phi) is 6.75. The fourth-order valence-corrected chi connectivity index (χ4v) is 5.32. The maximum atomic E-state index is 13.0. The Balaban J connectivity index is 1.23. The average molecular weight is 435 g/mol. The summed E-state index contributed by atoms with van der Waals surface area (Å²) in [5.41, 5.74) is 3.36. The zero-order chi connectivity index (χ0) is 21.8. The summed E-state index contributed by atoms with van der Waals surface area (Å²) in [5, 5.41) is 6.85. The number of ether oxygens (including phenoxy) is 2. The Labute approximate surface area is 190 Å². The Bertz CT molecular complexity index is 946. The van der Waals surface area contributed by atoms with Crippen LogP contribution in [-0.4, -0.2) is 45.2 Å². The number of hydrogen-bond acceptors (Lipinski definition) is 5. The van der Waals surface area contributed by atoms with Crippen LogP contribution in [0.25, 0.3) is 11.1 Å². The predicted octanol–water partition coefficient (Wildman–Crippen LogP) is 4.44. The van der Waals surface area contributed by atoms with Gasteiger partial charge in [0, 0.05) is 22.3 Å². The van der Waals surface area contributed by atoms with Crippen LogP contribution in [0.1, 0.15) is 54.4 Å². The van der Waals surface area contributed by atoms with Crippen molar-refractivity contribution in [2.75, 3.05) is 39.4 Å². The lowest BCUT2D eigenvalue weighted by molar-refractivity contribution is 0.104. The van der Waals surface area contributed by atoms with E-state index in [4.69, 9.17) is 9.47 Å². The van der Waals surface area contributed by atoms with Gasteiger partial charge in [0.15, 0.2) is 5.78 Å². The third-order valence-electron chi connectivity index (χ3n) is 7.14. The Hall–Kier alpha value is -2.37. The summed E-state index contributed by atoms with van der Waals surface area (Å²) in [6, 6.07) is 11.7. The SMILES string of the molecule is O=C1c2ccc(OCCCC3CCNC3)cc2-c2c(OCCCC3CCNC3)cccc21. The molecule has 1 aliphatic carbocycles. The monoisotopic (exact) mass is 434 g/mol. The molecular weight excluding hydrogens is 400 g/mol. The van der Waals surface area contributed by atoms with Gasteiger partial charge in [-0.25, -0.2) is 0 Å². The second-order valence-electron chi connectivity index (χ2n) is 9.41. The van der Waals surface area contributed by atoms with Crippen molar-refractivity contribution in [3.63, 3.8) is 0 Å². The molecule has 170 valence electrons. The van der Waals surface area contributed by atoms with E-state index in [-0.39, 0.29) is 5.78 Å². The van der Waals surface area contributed by atoms with Crippen LogP contribution in [0.2, 0.25) is 0 Å². The molecule has 2 heterocycles. The van der Waals surface area contributed by atoms with E-state index in [9.17, 15) is 4.79 Å². The molecule has 0 saturated carbocycles. The maximum Gasteiger partial charge on any atom is 0.194 e. The van der Waals surface area contributed by atoms with Gasteiger partial charge in [-0.2, -0.15) is 0 Å². The fraction of sp³-hybridized carbons (Fsp3) is 0.519. The smallest absolute Gasteiger partial charge is 0.194 e. The van der Waals surface area contributed by atoms with Crippen molar-refractivity contribution in [1.29, 1.82) is 0 Å². The summed E-state index contributed by atoms with van der Waals surface area (Å²) in [7, 11) is 0. The summed E-state index contributed by atoms with van der Waals surface area (Å²) < 4.78 is 12.2. The number of carbonyl (C=O) groups excluding carboxylic acids is 1. The maximum absolute atomic E-state index is 13.0. The van der Waals surface area contributed by atoms with Crippen LogP contribution in [0, 0.1) is 11.8 Å². The highest BCUT2D eigenvalue weighted by atomic mass is 16.5. The highest BCUT2D eigenvalue weighted by molar-refractivity contribution is 6.22. The summed E-state index contributed by atoms with van der Waals surface area (Å²) in [5.74, 6) is 3.28. The van der Waals surface area contributed by atoms with E-state index >= 15 is 0 Å². The second kappa shape index (κ2) is 10.1. The molecule has 0 bridgehead atoms. The number of fused-ring (bicyclic) bond motifs is 3. The quantitative estimate of drug-likeness (QED) is 0.462. The zero-order valence-electron chi connectivity index (χ0n) is 18.8. The summed E-state index contributed by atoms with van der Waals surface area (Å²) in [4.78, 5) is 13.0. The Morgan fingerprint density at radius 3 is 2.22 bits per heavy atom. The van der Waals surface area contributed by atoms with Gasteiger partial charge in [-0.15, -0.1) is 0 Å². The molecular formula is C27H34N2O3. The van der Waals surface area contributed by atoms with E-state index in [0.717, 1.165) is 84.6 Å². The normalized spacial score (nSPS) is 21.6. The third kappa shape index (κ3) is 4.69. The molecule has 32 heavy (non-hydrogen) atoms. The molecule has 5 rings (SSSR count). The van der Waals surface area contributed by atoms with Crippen molar-refractivity contribution in [1.82, 2.24) is 10.6 Å². The summed E-state index contributed by atoms with van der Waals surface area (Å²) in [6.07, 6.45) is 7.03. The molecule has 5 nitrogen and oxygen atoms in total. The average Bonchev–Trinajstić information content (AvgIpc) is 3.57. The molecule has 5 heteroatoms. The number of ketones is 1. The molecule has 2 saturated heterocycles. The molecule has 0 aromatic heterocycles. The molecule has 0 radical (unpaired) electrons. The molecule has 2 aliphatic heterocycles. The minimum atomic E-state index is 0.0813. The first-order valence-corrected chi connectivity index (χ1v) is 12.3. The molecule has 2 unspecified atom stereocenters. The van der Waals surface area contributed by atoms with Crippen molar-refractivity contribution < 1.29 is 14.3 Å². The number of rotatable bonds is 10. The highest BCUT2D eigenvalue weighted by Gasteiger charge is 2.30. The second-order valence-corrected chi connectivity index (χ2v) is 9.41. The number of benzene rings is 2. The summed E-state index contributed by atoms with van der Waals surface area (Å²) >= 11 is 0. The number of hydrogen-bond donors (Lipinski definition) is 2. The molecule has 2 atom stereocenters. The fourth-order valence-electron chi connectivity index (χ4n) is 5.32. The van der Waals surface area contributed by atoms with Crippen LogP contribution in [-0.2, 0) is 0 Å². The topological polar surface area (TPSA) is 59.6 Å². The Morgan fingerprint density at radius 1 is 0.812 bits per heavy atom.